The minimum Gasteiger partial charge on any atom is -0.486 e. The molecule has 1 N–H and O–H groups in total. The minimum atomic E-state index is -1.06. The molecule has 1 heterocycles. The van der Waals surface area contributed by atoms with Crippen molar-refractivity contribution in [3.8, 4) is 16.9 Å². The van der Waals surface area contributed by atoms with Crippen molar-refractivity contribution in [2.45, 2.75) is 32.5 Å². The summed E-state index contributed by atoms with van der Waals surface area (Å²) in [6, 6.07) is 10.3. The number of nitrogens with zero attached hydrogens (tertiary/aromatic N) is 1. The number of carbonyl (C=O) groups excluding carboxylic acids is 1. The number of aromatic carboxylic acids is 1. The average Bonchev–Trinajstić information content (AvgIpc) is 2.56. The number of likely N-dealkylation sites (tertiary alicyclic amines) is 1. The lowest BCUT2D eigenvalue weighted by molar-refractivity contribution is -0.0220. The summed E-state index contributed by atoms with van der Waals surface area (Å²) in [7, 11) is 0. The summed E-state index contributed by atoms with van der Waals surface area (Å²) in [4.78, 5) is 24.9. The van der Waals surface area contributed by atoms with Gasteiger partial charge >= 0.3 is 12.1 Å². The molecule has 1 saturated heterocycles. The fraction of sp³-hybridized carbons (Fsp3) is 0.333. The normalized spacial score (nSPS) is 14.4. The number of halogens is 1. The fourth-order valence-electron chi connectivity index (χ4n) is 2.79. The molecule has 0 spiro atoms. The fourth-order valence-corrected chi connectivity index (χ4v) is 2.79. The summed E-state index contributed by atoms with van der Waals surface area (Å²) in [5.41, 5.74) is 0.736. The zero-order valence-electron chi connectivity index (χ0n) is 15.9. The van der Waals surface area contributed by atoms with Crippen molar-refractivity contribution in [3.63, 3.8) is 0 Å². The third kappa shape index (κ3) is 4.60. The molecule has 0 unspecified atom stereocenters. The van der Waals surface area contributed by atoms with Gasteiger partial charge in [0.1, 0.15) is 23.3 Å². The molecule has 1 aliphatic rings. The summed E-state index contributed by atoms with van der Waals surface area (Å²) < 4.78 is 24.5. The molecule has 0 aliphatic carbocycles. The van der Waals surface area contributed by atoms with Crippen LogP contribution in [0.5, 0.6) is 5.75 Å². The first-order chi connectivity index (χ1) is 13.1. The van der Waals surface area contributed by atoms with Gasteiger partial charge in [-0.3, -0.25) is 0 Å². The predicted molar refractivity (Wildman–Crippen MR) is 101 cm³/mol. The van der Waals surface area contributed by atoms with Gasteiger partial charge in [0, 0.05) is 5.56 Å². The van der Waals surface area contributed by atoms with E-state index in [0.29, 0.717) is 30.0 Å². The van der Waals surface area contributed by atoms with E-state index in [1.54, 1.807) is 43.9 Å². The molecule has 1 amide bonds. The number of hydrogen-bond donors (Lipinski definition) is 1. The first-order valence-corrected chi connectivity index (χ1v) is 8.90. The van der Waals surface area contributed by atoms with Crippen molar-refractivity contribution in [3.05, 3.63) is 53.8 Å². The second kappa shape index (κ2) is 7.50. The quantitative estimate of drug-likeness (QED) is 0.851. The number of hydrogen-bond acceptors (Lipinski definition) is 4. The van der Waals surface area contributed by atoms with Crippen molar-refractivity contribution >= 4 is 12.1 Å². The van der Waals surface area contributed by atoms with Crippen molar-refractivity contribution in [1.82, 2.24) is 4.90 Å². The smallest absolute Gasteiger partial charge is 0.410 e. The third-order valence-electron chi connectivity index (χ3n) is 4.18. The standard InChI is InChI=1S/C21H22FNO5/c1-21(2,3)28-20(26)23-11-16(12-23)27-18-9-6-14(19(24)25)10-17(18)13-4-7-15(22)8-5-13/h4-10,16H,11-12H2,1-3H3,(H,24,25). The molecule has 0 atom stereocenters. The van der Waals surface area contributed by atoms with Crippen molar-refractivity contribution in [1.29, 1.82) is 0 Å². The van der Waals surface area contributed by atoms with Gasteiger partial charge in [0.15, 0.2) is 0 Å². The van der Waals surface area contributed by atoms with Gasteiger partial charge in [0.2, 0.25) is 0 Å². The van der Waals surface area contributed by atoms with Crippen LogP contribution in [0.2, 0.25) is 0 Å². The number of carboxylic acids is 1. The molecule has 6 nitrogen and oxygen atoms in total. The molecule has 148 valence electrons. The average molecular weight is 387 g/mol. The second-order valence-electron chi connectivity index (χ2n) is 7.65. The summed E-state index contributed by atoms with van der Waals surface area (Å²) in [5, 5.41) is 9.26. The highest BCUT2D eigenvalue weighted by Crippen LogP contribution is 2.33. The van der Waals surface area contributed by atoms with Crippen molar-refractivity contribution in [2.24, 2.45) is 0 Å². The van der Waals surface area contributed by atoms with Crippen LogP contribution in [0, 0.1) is 5.82 Å². The van der Waals surface area contributed by atoms with E-state index >= 15 is 0 Å². The highest BCUT2D eigenvalue weighted by Gasteiger charge is 2.35. The topological polar surface area (TPSA) is 76.1 Å². The van der Waals surface area contributed by atoms with E-state index in [4.69, 9.17) is 9.47 Å². The lowest BCUT2D eigenvalue weighted by Gasteiger charge is -2.39. The molecule has 1 aliphatic heterocycles. The summed E-state index contributed by atoms with van der Waals surface area (Å²) >= 11 is 0. The van der Waals surface area contributed by atoms with Gasteiger partial charge in [0.25, 0.3) is 0 Å². The SMILES string of the molecule is CC(C)(C)OC(=O)N1CC(Oc2ccc(C(=O)O)cc2-c2ccc(F)cc2)C1. The Labute approximate surface area is 162 Å². The summed E-state index contributed by atoms with van der Waals surface area (Å²) in [6.45, 7) is 6.16. The van der Waals surface area contributed by atoms with Gasteiger partial charge in [0.05, 0.1) is 18.7 Å². The van der Waals surface area contributed by atoms with Gasteiger partial charge in [-0.05, 0) is 56.7 Å². The van der Waals surface area contributed by atoms with Crippen molar-refractivity contribution < 1.29 is 28.6 Å². The second-order valence-corrected chi connectivity index (χ2v) is 7.65. The molecule has 28 heavy (non-hydrogen) atoms. The zero-order valence-corrected chi connectivity index (χ0v) is 15.9. The molecular formula is C21H22FNO5. The Hall–Kier alpha value is -3.09. The molecule has 7 heteroatoms. The van der Waals surface area contributed by atoms with E-state index in [9.17, 15) is 19.1 Å². The molecule has 2 aromatic rings. The molecule has 0 radical (unpaired) electrons. The number of carboxylic acid groups (broad SMARTS) is 1. The Morgan fingerprint density at radius 1 is 1.11 bits per heavy atom. The number of rotatable bonds is 4. The van der Waals surface area contributed by atoms with E-state index < -0.39 is 17.7 Å². The summed E-state index contributed by atoms with van der Waals surface area (Å²) in [6.07, 6.45) is -0.630. The Kier molecular flexibility index (Phi) is 5.27. The maximum absolute atomic E-state index is 13.2. The molecular weight excluding hydrogens is 365 g/mol. The van der Waals surface area contributed by atoms with Gasteiger partial charge in [-0.25, -0.2) is 14.0 Å². The van der Waals surface area contributed by atoms with E-state index in [0.717, 1.165) is 0 Å². The maximum atomic E-state index is 13.2. The van der Waals surface area contributed by atoms with Crippen molar-refractivity contribution in [2.75, 3.05) is 13.1 Å². The van der Waals surface area contributed by atoms with E-state index in [1.807, 2.05) is 0 Å². The largest absolute Gasteiger partial charge is 0.486 e. The summed E-state index contributed by atoms with van der Waals surface area (Å²) in [5.74, 6) is -0.965. The maximum Gasteiger partial charge on any atom is 0.410 e. The Bertz CT molecular complexity index is 883. The van der Waals surface area contributed by atoms with Crippen LogP contribution in [0.25, 0.3) is 11.1 Å². The highest BCUT2D eigenvalue weighted by atomic mass is 19.1. The molecule has 1 fully saturated rings. The van der Waals surface area contributed by atoms with Gasteiger partial charge in [-0.1, -0.05) is 12.1 Å². The van der Waals surface area contributed by atoms with E-state index in [1.165, 1.54) is 24.3 Å². The molecule has 0 saturated carbocycles. The van der Waals surface area contributed by atoms with Crippen LogP contribution in [0.15, 0.2) is 42.5 Å². The first kappa shape index (κ1) is 19.7. The molecule has 3 rings (SSSR count). The number of ether oxygens (including phenoxy) is 2. The Morgan fingerprint density at radius 3 is 2.32 bits per heavy atom. The van der Waals surface area contributed by atoms with Crippen LogP contribution in [0.3, 0.4) is 0 Å². The van der Waals surface area contributed by atoms with Crippen LogP contribution in [0.4, 0.5) is 9.18 Å². The number of carbonyl (C=O) groups is 2. The predicted octanol–water partition coefficient (Wildman–Crippen LogP) is 4.19. The van der Waals surface area contributed by atoms with Crippen LogP contribution < -0.4 is 4.74 Å². The zero-order chi connectivity index (χ0) is 20.5. The Balaban J connectivity index is 1.75. The first-order valence-electron chi connectivity index (χ1n) is 8.90. The minimum absolute atomic E-state index is 0.107. The van der Waals surface area contributed by atoms with Crippen LogP contribution in [-0.4, -0.2) is 46.9 Å². The molecule has 0 aromatic heterocycles. The van der Waals surface area contributed by atoms with Crippen LogP contribution in [-0.2, 0) is 4.74 Å². The van der Waals surface area contributed by atoms with Gasteiger partial charge < -0.3 is 19.5 Å². The molecule has 0 bridgehead atoms. The monoisotopic (exact) mass is 387 g/mol. The number of benzene rings is 2. The van der Waals surface area contributed by atoms with Gasteiger partial charge in [-0.2, -0.15) is 0 Å². The third-order valence-corrected chi connectivity index (χ3v) is 4.18. The van der Waals surface area contributed by atoms with Crippen LogP contribution in [0.1, 0.15) is 31.1 Å². The Morgan fingerprint density at radius 2 is 1.75 bits per heavy atom. The van der Waals surface area contributed by atoms with E-state index in [-0.39, 0.29) is 17.5 Å². The highest BCUT2D eigenvalue weighted by molar-refractivity contribution is 5.90. The van der Waals surface area contributed by atoms with Gasteiger partial charge in [-0.15, -0.1) is 0 Å². The van der Waals surface area contributed by atoms with E-state index in [2.05, 4.69) is 0 Å². The number of amides is 1. The molecule has 2 aromatic carbocycles. The lowest BCUT2D eigenvalue weighted by Crippen LogP contribution is -2.57. The lowest BCUT2D eigenvalue weighted by atomic mass is 10.0. The van der Waals surface area contributed by atoms with Crippen LogP contribution >= 0.6 is 0 Å².